The van der Waals surface area contributed by atoms with Gasteiger partial charge in [0.25, 0.3) is 0 Å². The van der Waals surface area contributed by atoms with E-state index >= 15 is 0 Å². The average Bonchev–Trinajstić information content (AvgIpc) is 1.84. The number of thioether (sulfide) groups is 1. The Labute approximate surface area is 56.3 Å². The van der Waals surface area contributed by atoms with Crippen molar-refractivity contribution in [1.29, 1.82) is 5.41 Å². The number of nitrogens with zero attached hydrogens (tertiary/aromatic N) is 1. The molecule has 0 spiro atoms. The van der Waals surface area contributed by atoms with E-state index in [-0.39, 0.29) is 5.17 Å². The maximum absolute atomic E-state index is 9.95. The van der Waals surface area contributed by atoms with Gasteiger partial charge in [0, 0.05) is 0 Å². The second-order valence-electron chi connectivity index (χ2n) is 1.16. The van der Waals surface area contributed by atoms with Gasteiger partial charge in [-0.3, -0.25) is 5.41 Å². The molecule has 0 aliphatic carbocycles. The van der Waals surface area contributed by atoms with Gasteiger partial charge in [-0.1, -0.05) is 11.8 Å². The van der Waals surface area contributed by atoms with Crippen molar-refractivity contribution in [2.75, 3.05) is 6.26 Å². The van der Waals surface area contributed by atoms with Crippen LogP contribution in [0.3, 0.4) is 0 Å². The van der Waals surface area contributed by atoms with E-state index in [2.05, 4.69) is 0 Å². The van der Waals surface area contributed by atoms with Gasteiger partial charge in [0.15, 0.2) is 5.17 Å². The maximum atomic E-state index is 9.95. The molecule has 0 rings (SSSR count). The normalized spacial score (nSPS) is 8.67. The number of amidine groups is 1. The van der Waals surface area contributed by atoms with Gasteiger partial charge in [-0.05, 0) is 6.26 Å². The van der Waals surface area contributed by atoms with Gasteiger partial charge >= 0.3 is 6.09 Å². The molecule has 0 bridgehead atoms. The molecule has 0 unspecified atom stereocenters. The molecule has 0 radical (unpaired) electrons. The van der Waals surface area contributed by atoms with Gasteiger partial charge < -0.3 is 5.11 Å². The first-order valence-corrected chi connectivity index (χ1v) is 3.22. The molecule has 52 valence electrons. The van der Waals surface area contributed by atoms with Crippen molar-refractivity contribution in [2.45, 2.75) is 0 Å². The molecule has 0 aliphatic heterocycles. The lowest BCUT2D eigenvalue weighted by Crippen LogP contribution is -2.39. The molecule has 0 aromatic carbocycles. The predicted molar refractivity (Wildman–Crippen MR) is 35.3 cm³/mol. The van der Waals surface area contributed by atoms with E-state index < -0.39 is 6.09 Å². The van der Waals surface area contributed by atoms with Crippen LogP contribution in [-0.4, -0.2) is 27.6 Å². The van der Waals surface area contributed by atoms with Crippen LogP contribution in [0.4, 0.5) is 4.79 Å². The Hall–Kier alpha value is -0.750. The van der Waals surface area contributed by atoms with Crippen LogP contribution in [0.5, 0.6) is 0 Å². The molecule has 5 nitrogen and oxygen atoms in total. The van der Waals surface area contributed by atoms with Crippen LogP contribution in [0.2, 0.25) is 0 Å². The summed E-state index contributed by atoms with van der Waals surface area (Å²) in [6.45, 7) is 0. The van der Waals surface area contributed by atoms with E-state index in [1.165, 1.54) is 0 Å². The fourth-order valence-corrected chi connectivity index (χ4v) is 0.460. The molecule has 0 atom stereocenters. The van der Waals surface area contributed by atoms with Crippen molar-refractivity contribution in [3.05, 3.63) is 0 Å². The minimum absolute atomic E-state index is 0.192. The van der Waals surface area contributed by atoms with Crippen LogP contribution in [0.15, 0.2) is 0 Å². The molecule has 0 fully saturated rings. The number of hydrogen-bond donors (Lipinski definition) is 3. The lowest BCUT2D eigenvalue weighted by molar-refractivity contribution is 0.170. The molecule has 0 saturated heterocycles. The Morgan fingerprint density at radius 1 is 1.89 bits per heavy atom. The third kappa shape index (κ3) is 2.34. The van der Waals surface area contributed by atoms with Crippen molar-refractivity contribution in [2.24, 2.45) is 5.84 Å². The van der Waals surface area contributed by atoms with Crippen molar-refractivity contribution >= 4 is 23.0 Å². The highest BCUT2D eigenvalue weighted by Gasteiger charge is 2.09. The lowest BCUT2D eigenvalue weighted by Gasteiger charge is -2.09. The summed E-state index contributed by atoms with van der Waals surface area (Å²) in [5.41, 5.74) is 0. The average molecular weight is 149 g/mol. The van der Waals surface area contributed by atoms with Crippen LogP contribution in [-0.2, 0) is 0 Å². The predicted octanol–water partition coefficient (Wildman–Crippen LogP) is 0.138. The second-order valence-corrected chi connectivity index (χ2v) is 1.96. The molecule has 1 amide bonds. The van der Waals surface area contributed by atoms with E-state index in [1.54, 1.807) is 6.26 Å². The highest BCUT2D eigenvalue weighted by atomic mass is 32.2. The molecule has 0 aromatic heterocycles. The minimum Gasteiger partial charge on any atom is -0.464 e. The summed E-state index contributed by atoms with van der Waals surface area (Å²) in [6, 6.07) is 0. The Kier molecular flexibility index (Phi) is 3.03. The number of carbonyl (C=O) groups is 1. The third-order valence-electron chi connectivity index (χ3n) is 0.618. The molecular weight excluding hydrogens is 142 g/mol. The van der Waals surface area contributed by atoms with E-state index in [4.69, 9.17) is 16.4 Å². The van der Waals surface area contributed by atoms with E-state index in [1.807, 2.05) is 0 Å². The van der Waals surface area contributed by atoms with Crippen molar-refractivity contribution in [1.82, 2.24) is 5.01 Å². The maximum Gasteiger partial charge on any atom is 0.428 e. The molecule has 0 saturated carbocycles. The van der Waals surface area contributed by atoms with Crippen LogP contribution in [0.25, 0.3) is 0 Å². The summed E-state index contributed by atoms with van der Waals surface area (Å²) < 4.78 is 0. The smallest absolute Gasteiger partial charge is 0.428 e. The number of carboxylic acid groups (broad SMARTS) is 1. The minimum atomic E-state index is -1.32. The molecule has 0 heterocycles. The highest BCUT2D eigenvalue weighted by Crippen LogP contribution is 1.96. The molecular formula is C3H7N3O2S. The standard InChI is InChI=1S/C3H7N3O2S/c1-9-2(4)6(5)3(7)8/h4H,5H2,1H3,(H,7,8). The van der Waals surface area contributed by atoms with Crippen LogP contribution < -0.4 is 5.84 Å². The molecule has 0 aromatic rings. The lowest BCUT2D eigenvalue weighted by atomic mass is 11.0. The zero-order valence-electron chi connectivity index (χ0n) is 4.79. The Balaban J connectivity index is 3.88. The molecule has 4 N–H and O–H groups in total. The number of amides is 1. The summed E-state index contributed by atoms with van der Waals surface area (Å²) in [6.07, 6.45) is 0.250. The van der Waals surface area contributed by atoms with Crippen LogP contribution in [0, 0.1) is 5.41 Å². The summed E-state index contributed by atoms with van der Waals surface area (Å²) in [5.74, 6) is 4.86. The second kappa shape index (κ2) is 3.31. The van der Waals surface area contributed by atoms with Gasteiger partial charge in [-0.2, -0.15) is 5.01 Å². The van der Waals surface area contributed by atoms with Gasteiger partial charge in [0.1, 0.15) is 0 Å². The van der Waals surface area contributed by atoms with Crippen molar-refractivity contribution in [3.8, 4) is 0 Å². The van der Waals surface area contributed by atoms with E-state index in [0.717, 1.165) is 11.8 Å². The third-order valence-corrected chi connectivity index (χ3v) is 1.20. The summed E-state index contributed by atoms with van der Waals surface area (Å²) >= 11 is 0.965. The highest BCUT2D eigenvalue weighted by molar-refractivity contribution is 8.13. The van der Waals surface area contributed by atoms with Crippen LogP contribution >= 0.6 is 11.8 Å². The SMILES string of the molecule is CSC(=N)N(N)C(=O)O. The zero-order chi connectivity index (χ0) is 7.44. The molecule has 0 aliphatic rings. The first-order valence-electron chi connectivity index (χ1n) is 2.00. The summed E-state index contributed by atoms with van der Waals surface area (Å²) in [7, 11) is 0. The summed E-state index contributed by atoms with van der Waals surface area (Å²) in [4.78, 5) is 9.95. The molecule has 9 heavy (non-hydrogen) atoms. The molecule has 6 heteroatoms. The van der Waals surface area contributed by atoms with E-state index in [9.17, 15) is 4.79 Å². The fourth-order valence-electron chi connectivity index (χ4n) is 0.185. The number of nitrogens with one attached hydrogen (secondary N) is 1. The van der Waals surface area contributed by atoms with Gasteiger partial charge in [0.05, 0.1) is 0 Å². The Morgan fingerprint density at radius 3 is 2.44 bits per heavy atom. The topological polar surface area (TPSA) is 90.4 Å². The quantitative estimate of drug-likeness (QED) is 0.150. The van der Waals surface area contributed by atoms with Crippen molar-refractivity contribution in [3.63, 3.8) is 0 Å². The van der Waals surface area contributed by atoms with Gasteiger partial charge in [-0.25, -0.2) is 10.6 Å². The van der Waals surface area contributed by atoms with Crippen LogP contribution in [0.1, 0.15) is 0 Å². The first kappa shape index (κ1) is 8.25. The van der Waals surface area contributed by atoms with E-state index in [0.29, 0.717) is 5.01 Å². The number of hydrogen-bond acceptors (Lipinski definition) is 4. The Morgan fingerprint density at radius 2 is 2.33 bits per heavy atom. The van der Waals surface area contributed by atoms with Gasteiger partial charge in [0.2, 0.25) is 0 Å². The number of hydrazine groups is 1. The number of nitrogens with two attached hydrogens (primary N) is 1. The fraction of sp³-hybridized carbons (Fsp3) is 0.333. The monoisotopic (exact) mass is 149 g/mol. The largest absolute Gasteiger partial charge is 0.464 e. The number of rotatable bonds is 0. The van der Waals surface area contributed by atoms with Gasteiger partial charge in [-0.15, -0.1) is 0 Å². The first-order chi connectivity index (χ1) is 4.09. The Bertz CT molecular complexity index is 137. The van der Waals surface area contributed by atoms with Crippen molar-refractivity contribution < 1.29 is 9.90 Å². The zero-order valence-corrected chi connectivity index (χ0v) is 5.60. The summed E-state index contributed by atoms with van der Waals surface area (Å²) in [5, 5.41) is 15.1.